The first-order valence-electron chi connectivity index (χ1n) is 10.0. The molecule has 0 aromatic heterocycles. The molecule has 0 bridgehead atoms. The first-order valence-corrected chi connectivity index (χ1v) is 10.0. The summed E-state index contributed by atoms with van der Waals surface area (Å²) in [5.41, 5.74) is 5.50. The Hall–Kier alpha value is -1.14. The van der Waals surface area contributed by atoms with Crippen LogP contribution < -0.4 is 11.1 Å². The zero-order valence-electron chi connectivity index (χ0n) is 16.2. The van der Waals surface area contributed by atoms with Crippen LogP contribution in [0.5, 0.6) is 0 Å². The molecule has 1 saturated heterocycles. The molecular formula is C19H36N4O2. The Kier molecular flexibility index (Phi) is 7.25. The fraction of sp³-hybridized carbons (Fsp3) is 0.895. The van der Waals surface area contributed by atoms with Gasteiger partial charge in [-0.25, -0.2) is 0 Å². The van der Waals surface area contributed by atoms with Crippen LogP contribution in [0.4, 0.5) is 0 Å². The predicted octanol–water partition coefficient (Wildman–Crippen LogP) is 1.34. The molecule has 144 valence electrons. The van der Waals surface area contributed by atoms with Crippen molar-refractivity contribution in [2.24, 2.45) is 11.1 Å². The molecular weight excluding hydrogens is 316 g/mol. The van der Waals surface area contributed by atoms with Gasteiger partial charge in [-0.15, -0.1) is 0 Å². The minimum absolute atomic E-state index is 0.130. The topological polar surface area (TPSA) is 78.7 Å². The van der Waals surface area contributed by atoms with E-state index in [0.717, 1.165) is 38.8 Å². The van der Waals surface area contributed by atoms with Gasteiger partial charge in [-0.2, -0.15) is 0 Å². The Bertz CT molecular complexity index is 442. The average Bonchev–Trinajstić information content (AvgIpc) is 3.16. The standard InChI is InChI=1S/C19H36N4O2/c1-4-19(5-2,14-20)18(25)23-12-10-22(11-13-23)15(3)17(24)21-16-8-6-7-9-16/h15-16H,4-14,20H2,1-3H3,(H,21,24). The van der Waals surface area contributed by atoms with E-state index in [4.69, 9.17) is 5.73 Å². The lowest BCUT2D eigenvalue weighted by Gasteiger charge is -2.41. The van der Waals surface area contributed by atoms with E-state index in [-0.39, 0.29) is 17.9 Å². The highest BCUT2D eigenvalue weighted by molar-refractivity contribution is 5.83. The number of carbonyl (C=O) groups excluding carboxylic acids is 2. The normalized spacial score (nSPS) is 21.4. The van der Waals surface area contributed by atoms with Gasteiger partial charge in [-0.05, 0) is 32.6 Å². The van der Waals surface area contributed by atoms with Crippen molar-refractivity contribution in [3.05, 3.63) is 0 Å². The molecule has 2 amide bonds. The molecule has 1 saturated carbocycles. The minimum Gasteiger partial charge on any atom is -0.352 e. The van der Waals surface area contributed by atoms with E-state index >= 15 is 0 Å². The van der Waals surface area contributed by atoms with E-state index in [9.17, 15) is 9.59 Å². The van der Waals surface area contributed by atoms with Gasteiger partial charge in [0.2, 0.25) is 11.8 Å². The smallest absolute Gasteiger partial charge is 0.237 e. The second-order valence-electron chi connectivity index (χ2n) is 7.69. The molecule has 2 aliphatic rings. The van der Waals surface area contributed by atoms with E-state index < -0.39 is 5.41 Å². The number of hydrogen-bond donors (Lipinski definition) is 2. The van der Waals surface area contributed by atoms with Gasteiger partial charge in [0.15, 0.2) is 0 Å². The van der Waals surface area contributed by atoms with Crippen molar-refractivity contribution in [2.75, 3.05) is 32.7 Å². The molecule has 3 N–H and O–H groups in total. The van der Waals surface area contributed by atoms with Crippen molar-refractivity contribution in [1.82, 2.24) is 15.1 Å². The zero-order chi connectivity index (χ0) is 18.4. The summed E-state index contributed by atoms with van der Waals surface area (Å²) in [5, 5.41) is 3.18. The van der Waals surface area contributed by atoms with Crippen molar-refractivity contribution in [3.8, 4) is 0 Å². The summed E-state index contributed by atoms with van der Waals surface area (Å²) in [7, 11) is 0. The molecule has 1 aliphatic heterocycles. The maximum Gasteiger partial charge on any atom is 0.237 e. The van der Waals surface area contributed by atoms with Crippen LogP contribution in [0.15, 0.2) is 0 Å². The van der Waals surface area contributed by atoms with Crippen LogP contribution >= 0.6 is 0 Å². The van der Waals surface area contributed by atoms with Gasteiger partial charge in [-0.1, -0.05) is 26.7 Å². The molecule has 1 aliphatic carbocycles. The molecule has 1 unspecified atom stereocenters. The van der Waals surface area contributed by atoms with Crippen LogP contribution in [0, 0.1) is 5.41 Å². The molecule has 0 aromatic carbocycles. The Morgan fingerprint density at radius 1 is 1.12 bits per heavy atom. The van der Waals surface area contributed by atoms with Crippen LogP contribution in [-0.2, 0) is 9.59 Å². The van der Waals surface area contributed by atoms with Crippen LogP contribution in [0.25, 0.3) is 0 Å². The summed E-state index contributed by atoms with van der Waals surface area (Å²) in [5.74, 6) is 0.313. The van der Waals surface area contributed by atoms with E-state index in [0.29, 0.717) is 25.7 Å². The SMILES string of the molecule is CCC(CC)(CN)C(=O)N1CCN(C(C)C(=O)NC2CCCC2)CC1. The lowest BCUT2D eigenvalue weighted by Crippen LogP contribution is -2.58. The maximum absolute atomic E-state index is 12.9. The molecule has 6 nitrogen and oxygen atoms in total. The fourth-order valence-electron chi connectivity index (χ4n) is 4.13. The van der Waals surface area contributed by atoms with E-state index in [1.807, 2.05) is 25.7 Å². The third-order valence-electron chi connectivity index (χ3n) is 6.43. The van der Waals surface area contributed by atoms with Gasteiger partial charge in [0.1, 0.15) is 0 Å². The van der Waals surface area contributed by atoms with Crippen LogP contribution in [0.3, 0.4) is 0 Å². The molecule has 1 heterocycles. The number of amides is 2. The van der Waals surface area contributed by atoms with Crippen LogP contribution in [0.1, 0.15) is 59.3 Å². The third-order valence-corrected chi connectivity index (χ3v) is 6.43. The number of nitrogens with one attached hydrogen (secondary N) is 1. The lowest BCUT2D eigenvalue weighted by atomic mass is 9.80. The summed E-state index contributed by atoms with van der Waals surface area (Å²) >= 11 is 0. The quantitative estimate of drug-likeness (QED) is 0.725. The summed E-state index contributed by atoms with van der Waals surface area (Å²) in [4.78, 5) is 29.5. The van der Waals surface area contributed by atoms with Gasteiger partial charge >= 0.3 is 0 Å². The monoisotopic (exact) mass is 352 g/mol. The predicted molar refractivity (Wildman–Crippen MR) is 100 cm³/mol. The number of piperazine rings is 1. The molecule has 2 rings (SSSR count). The van der Waals surface area contributed by atoms with E-state index in [2.05, 4.69) is 10.2 Å². The second-order valence-corrected chi connectivity index (χ2v) is 7.69. The van der Waals surface area contributed by atoms with Gasteiger partial charge < -0.3 is 16.0 Å². The minimum atomic E-state index is -0.423. The van der Waals surface area contributed by atoms with Gasteiger partial charge in [0.05, 0.1) is 11.5 Å². The van der Waals surface area contributed by atoms with E-state index in [1.54, 1.807) is 0 Å². The molecule has 0 aromatic rings. The molecule has 1 atom stereocenters. The first kappa shape index (κ1) is 20.2. The maximum atomic E-state index is 12.9. The molecule has 2 fully saturated rings. The summed E-state index contributed by atoms with van der Waals surface area (Å²) in [6.45, 7) is 9.32. The summed E-state index contributed by atoms with van der Waals surface area (Å²) < 4.78 is 0. The van der Waals surface area contributed by atoms with Crippen LogP contribution in [-0.4, -0.2) is 66.4 Å². The molecule has 25 heavy (non-hydrogen) atoms. The number of carbonyl (C=O) groups is 2. The Labute approximate surface area is 152 Å². The van der Waals surface area contributed by atoms with Crippen molar-refractivity contribution >= 4 is 11.8 Å². The highest BCUT2D eigenvalue weighted by atomic mass is 16.2. The summed E-state index contributed by atoms with van der Waals surface area (Å²) in [6.07, 6.45) is 6.21. The van der Waals surface area contributed by atoms with Crippen molar-refractivity contribution < 1.29 is 9.59 Å². The van der Waals surface area contributed by atoms with Crippen LogP contribution in [0.2, 0.25) is 0 Å². The first-order chi connectivity index (χ1) is 12.0. The number of nitrogens with two attached hydrogens (primary N) is 1. The largest absolute Gasteiger partial charge is 0.352 e. The average molecular weight is 353 g/mol. The van der Waals surface area contributed by atoms with Gasteiger partial charge in [0.25, 0.3) is 0 Å². The molecule has 6 heteroatoms. The summed E-state index contributed by atoms with van der Waals surface area (Å²) in [6, 6.07) is 0.228. The highest BCUT2D eigenvalue weighted by Gasteiger charge is 2.38. The number of rotatable bonds is 7. The second kappa shape index (κ2) is 8.99. The lowest BCUT2D eigenvalue weighted by molar-refractivity contribution is -0.144. The molecule has 0 radical (unpaired) electrons. The Morgan fingerprint density at radius 3 is 2.16 bits per heavy atom. The van der Waals surface area contributed by atoms with Crippen molar-refractivity contribution in [1.29, 1.82) is 0 Å². The Morgan fingerprint density at radius 2 is 1.68 bits per heavy atom. The Balaban J connectivity index is 1.85. The van der Waals surface area contributed by atoms with E-state index in [1.165, 1.54) is 12.8 Å². The zero-order valence-corrected chi connectivity index (χ0v) is 16.2. The molecule has 0 spiro atoms. The van der Waals surface area contributed by atoms with Gasteiger partial charge in [-0.3, -0.25) is 14.5 Å². The number of nitrogens with zero attached hydrogens (tertiary/aromatic N) is 2. The number of hydrogen-bond acceptors (Lipinski definition) is 4. The fourth-order valence-corrected chi connectivity index (χ4v) is 4.13. The van der Waals surface area contributed by atoms with Gasteiger partial charge in [0, 0.05) is 38.8 Å². The van der Waals surface area contributed by atoms with Crippen molar-refractivity contribution in [2.45, 2.75) is 71.4 Å². The van der Waals surface area contributed by atoms with Crippen molar-refractivity contribution in [3.63, 3.8) is 0 Å². The third kappa shape index (κ3) is 4.53. The highest BCUT2D eigenvalue weighted by Crippen LogP contribution is 2.28.